The Morgan fingerprint density at radius 1 is 1.26 bits per heavy atom. The number of carbonyl (C=O) groups excluding carboxylic acids is 2. The Morgan fingerprint density at radius 3 is 2.74 bits per heavy atom. The van der Waals surface area contributed by atoms with Gasteiger partial charge in [0.2, 0.25) is 10.0 Å². The Morgan fingerprint density at radius 2 is 2.03 bits per heavy atom. The standard InChI is InChI=1S/C26H31ClN4O7S/c1-2-36-22(32)9-6-10-29-21-14-17(27)13-20-23(21)30-24(26(28)33)25(20)39(34,35)31-11-12-37-19(15-31)16-38-18-7-4-3-5-8-18/h3-5,7-8,13-14,19,29-30H,2,6,9-12,15-16H2,1H3,(H2,28,33)/t19-/m0/s1. The molecule has 0 saturated carbocycles. The molecule has 210 valence electrons. The monoisotopic (exact) mass is 578 g/mol. The van der Waals surface area contributed by atoms with Crippen LogP contribution in [-0.4, -0.2) is 75.1 Å². The molecule has 1 fully saturated rings. The molecular weight excluding hydrogens is 548 g/mol. The summed E-state index contributed by atoms with van der Waals surface area (Å²) in [5.41, 5.74) is 6.20. The summed E-state index contributed by atoms with van der Waals surface area (Å²) in [6, 6.07) is 12.2. The number of sulfonamides is 1. The maximum Gasteiger partial charge on any atom is 0.305 e. The van der Waals surface area contributed by atoms with Gasteiger partial charge in [-0.3, -0.25) is 9.59 Å². The third-order valence-corrected chi connectivity index (χ3v) is 8.30. The molecule has 0 aliphatic carbocycles. The number of para-hydroxylation sites is 1. The predicted octanol–water partition coefficient (Wildman–Crippen LogP) is 3.14. The number of nitrogens with zero attached hydrogens (tertiary/aromatic N) is 1. The number of rotatable bonds is 12. The lowest BCUT2D eigenvalue weighted by molar-refractivity contribution is -0.143. The van der Waals surface area contributed by atoms with E-state index in [1.54, 1.807) is 25.1 Å². The number of nitrogens with one attached hydrogen (secondary N) is 2. The first kappa shape index (κ1) is 28.7. The Balaban J connectivity index is 1.58. The summed E-state index contributed by atoms with van der Waals surface area (Å²) in [6.07, 6.45) is 0.172. The average molecular weight is 579 g/mol. The summed E-state index contributed by atoms with van der Waals surface area (Å²) in [5.74, 6) is -0.588. The highest BCUT2D eigenvalue weighted by molar-refractivity contribution is 7.89. The van der Waals surface area contributed by atoms with E-state index in [4.69, 9.17) is 31.5 Å². The molecule has 1 saturated heterocycles. The molecule has 0 spiro atoms. The number of esters is 1. The van der Waals surface area contributed by atoms with E-state index in [0.717, 1.165) is 0 Å². The number of primary amides is 1. The van der Waals surface area contributed by atoms with Crippen LogP contribution in [0.1, 0.15) is 30.3 Å². The minimum absolute atomic E-state index is 0.0274. The highest BCUT2D eigenvalue weighted by Gasteiger charge is 2.36. The molecule has 39 heavy (non-hydrogen) atoms. The molecular formula is C26H31ClN4O7S. The van der Waals surface area contributed by atoms with Gasteiger partial charge in [-0.1, -0.05) is 29.8 Å². The van der Waals surface area contributed by atoms with Crippen LogP contribution in [0.3, 0.4) is 0 Å². The molecule has 11 nitrogen and oxygen atoms in total. The molecule has 3 aromatic rings. The summed E-state index contributed by atoms with van der Waals surface area (Å²) in [4.78, 5) is 26.7. The quantitative estimate of drug-likeness (QED) is 0.219. The fourth-order valence-corrected chi connectivity index (χ4v) is 6.36. The van der Waals surface area contributed by atoms with Crippen molar-refractivity contribution in [3.63, 3.8) is 0 Å². The third kappa shape index (κ3) is 6.82. The van der Waals surface area contributed by atoms with Crippen LogP contribution in [0, 0.1) is 0 Å². The number of nitrogens with two attached hydrogens (primary N) is 1. The van der Waals surface area contributed by atoms with Crippen molar-refractivity contribution in [2.24, 2.45) is 5.73 Å². The van der Waals surface area contributed by atoms with Gasteiger partial charge in [-0.25, -0.2) is 8.42 Å². The SMILES string of the molecule is CCOC(=O)CCCNc1cc(Cl)cc2c(S(=O)(=O)N3CCO[C@H](COc4ccccc4)C3)c(C(N)=O)[nH]c12. The summed E-state index contributed by atoms with van der Waals surface area (Å²) >= 11 is 6.36. The van der Waals surface area contributed by atoms with Gasteiger partial charge in [-0.15, -0.1) is 0 Å². The van der Waals surface area contributed by atoms with Crippen LogP contribution in [0.15, 0.2) is 47.4 Å². The largest absolute Gasteiger partial charge is 0.491 e. The van der Waals surface area contributed by atoms with E-state index in [9.17, 15) is 18.0 Å². The van der Waals surface area contributed by atoms with Gasteiger partial charge in [0, 0.05) is 36.5 Å². The number of morpholine rings is 1. The van der Waals surface area contributed by atoms with Crippen molar-refractivity contribution in [2.45, 2.75) is 30.8 Å². The number of anilines is 1. The number of aromatic nitrogens is 1. The van der Waals surface area contributed by atoms with Gasteiger partial charge in [-0.05, 0) is 37.6 Å². The zero-order valence-corrected chi connectivity index (χ0v) is 23.0. The summed E-state index contributed by atoms with van der Waals surface area (Å²) < 4.78 is 45.5. The van der Waals surface area contributed by atoms with Crippen molar-refractivity contribution < 1.29 is 32.2 Å². The van der Waals surface area contributed by atoms with Crippen LogP contribution in [-0.2, 0) is 24.3 Å². The molecule has 1 aliphatic rings. The lowest BCUT2D eigenvalue weighted by Gasteiger charge is -2.32. The molecule has 1 aliphatic heterocycles. The second-order valence-corrected chi connectivity index (χ2v) is 11.2. The van der Waals surface area contributed by atoms with E-state index in [-0.39, 0.29) is 59.7 Å². The number of ether oxygens (including phenoxy) is 3. The fourth-order valence-electron chi connectivity index (χ4n) is 4.35. The van der Waals surface area contributed by atoms with Gasteiger partial charge in [0.1, 0.15) is 29.0 Å². The van der Waals surface area contributed by atoms with Gasteiger partial charge >= 0.3 is 5.97 Å². The Labute approximate surface area is 231 Å². The highest BCUT2D eigenvalue weighted by atomic mass is 35.5. The zero-order valence-electron chi connectivity index (χ0n) is 21.4. The molecule has 0 unspecified atom stereocenters. The Bertz CT molecular complexity index is 1430. The minimum atomic E-state index is -4.19. The molecule has 4 rings (SSSR count). The number of H-pyrrole nitrogens is 1. The van der Waals surface area contributed by atoms with Crippen molar-refractivity contribution >= 4 is 50.1 Å². The van der Waals surface area contributed by atoms with E-state index >= 15 is 0 Å². The van der Waals surface area contributed by atoms with Crippen LogP contribution < -0.4 is 15.8 Å². The first-order chi connectivity index (χ1) is 18.7. The predicted molar refractivity (Wildman–Crippen MR) is 147 cm³/mol. The maximum absolute atomic E-state index is 13.9. The molecule has 13 heteroatoms. The van der Waals surface area contributed by atoms with Gasteiger partial charge in [0.15, 0.2) is 0 Å². The lowest BCUT2D eigenvalue weighted by Crippen LogP contribution is -2.47. The number of amides is 1. The van der Waals surface area contributed by atoms with E-state index in [1.165, 1.54) is 10.4 Å². The van der Waals surface area contributed by atoms with Crippen molar-refractivity contribution in [3.8, 4) is 5.75 Å². The average Bonchev–Trinajstić information content (AvgIpc) is 3.31. The van der Waals surface area contributed by atoms with Gasteiger partial charge in [0.25, 0.3) is 5.91 Å². The molecule has 0 radical (unpaired) electrons. The number of aromatic amines is 1. The zero-order chi connectivity index (χ0) is 28.0. The molecule has 2 heterocycles. The van der Waals surface area contributed by atoms with Crippen molar-refractivity contribution in [3.05, 3.63) is 53.2 Å². The number of halogens is 1. The topological polar surface area (TPSA) is 153 Å². The number of carbonyl (C=O) groups is 2. The smallest absolute Gasteiger partial charge is 0.305 e. The van der Waals surface area contributed by atoms with Crippen LogP contribution in [0.5, 0.6) is 5.75 Å². The Kier molecular flexibility index (Phi) is 9.33. The van der Waals surface area contributed by atoms with E-state index in [2.05, 4.69) is 10.3 Å². The molecule has 4 N–H and O–H groups in total. The highest BCUT2D eigenvalue weighted by Crippen LogP contribution is 2.36. The van der Waals surface area contributed by atoms with Gasteiger partial charge < -0.3 is 30.2 Å². The molecule has 0 bridgehead atoms. The molecule has 1 amide bonds. The minimum Gasteiger partial charge on any atom is -0.491 e. The first-order valence-corrected chi connectivity index (χ1v) is 14.4. The van der Waals surface area contributed by atoms with E-state index < -0.39 is 22.0 Å². The summed E-state index contributed by atoms with van der Waals surface area (Å²) in [6.45, 7) is 2.85. The van der Waals surface area contributed by atoms with E-state index in [1.807, 2.05) is 18.2 Å². The lowest BCUT2D eigenvalue weighted by atomic mass is 10.2. The molecule has 2 aromatic carbocycles. The fraction of sp³-hybridized carbons (Fsp3) is 0.385. The second kappa shape index (κ2) is 12.7. The maximum atomic E-state index is 13.9. The first-order valence-electron chi connectivity index (χ1n) is 12.5. The number of hydrogen-bond donors (Lipinski definition) is 3. The summed E-state index contributed by atoms with van der Waals surface area (Å²) in [7, 11) is -4.19. The third-order valence-electron chi connectivity index (χ3n) is 6.13. The van der Waals surface area contributed by atoms with Gasteiger partial charge in [0.05, 0.1) is 24.4 Å². The number of benzene rings is 2. The van der Waals surface area contributed by atoms with Crippen LogP contribution in [0.2, 0.25) is 5.02 Å². The van der Waals surface area contributed by atoms with Crippen LogP contribution in [0.4, 0.5) is 5.69 Å². The van der Waals surface area contributed by atoms with Crippen molar-refractivity contribution in [2.75, 3.05) is 44.8 Å². The number of hydrogen-bond acceptors (Lipinski definition) is 8. The van der Waals surface area contributed by atoms with E-state index in [0.29, 0.717) is 36.5 Å². The van der Waals surface area contributed by atoms with Crippen molar-refractivity contribution in [1.29, 1.82) is 0 Å². The van der Waals surface area contributed by atoms with Crippen LogP contribution in [0.25, 0.3) is 10.9 Å². The molecule has 1 atom stereocenters. The molecule has 1 aromatic heterocycles. The van der Waals surface area contributed by atoms with Crippen LogP contribution >= 0.6 is 11.6 Å². The number of fused-ring (bicyclic) bond motifs is 1. The Hall–Kier alpha value is -3.32. The summed E-state index contributed by atoms with van der Waals surface area (Å²) in [5, 5.41) is 3.65. The van der Waals surface area contributed by atoms with Crippen molar-refractivity contribution in [1.82, 2.24) is 9.29 Å². The van der Waals surface area contributed by atoms with Gasteiger partial charge in [-0.2, -0.15) is 4.31 Å². The second-order valence-electron chi connectivity index (χ2n) is 8.88. The normalized spacial score (nSPS) is 16.2.